The molecule has 6 heteroatoms. The third-order valence-corrected chi connectivity index (χ3v) is 3.68. The lowest BCUT2D eigenvalue weighted by molar-refractivity contribution is -0.126. The van der Waals surface area contributed by atoms with Crippen molar-refractivity contribution >= 4 is 23.1 Å². The highest BCUT2D eigenvalue weighted by Gasteiger charge is 2.39. The molecule has 0 spiro atoms. The Bertz CT molecular complexity index is 245. The van der Waals surface area contributed by atoms with E-state index in [0.717, 1.165) is 11.8 Å². The Kier molecular flexibility index (Phi) is 3.63. The molecule has 0 aromatic carbocycles. The summed E-state index contributed by atoms with van der Waals surface area (Å²) in [7, 11) is 0. The zero-order valence-electron chi connectivity index (χ0n) is 6.54. The molecule has 0 fully saturated rings. The number of nitrogens with two attached hydrogens (primary N) is 1. The Labute approximate surface area is 82.1 Å². The van der Waals surface area contributed by atoms with Crippen molar-refractivity contribution in [2.75, 3.05) is 6.54 Å². The SMILES string of the molecule is NCC(Sc1cccs1)C(F)(F)F. The number of thioether (sulfide) groups is 1. The zero-order valence-corrected chi connectivity index (χ0v) is 8.18. The Hall–Kier alpha value is -0.200. The Morgan fingerprint density at radius 1 is 1.54 bits per heavy atom. The van der Waals surface area contributed by atoms with Gasteiger partial charge in [0.1, 0.15) is 5.25 Å². The van der Waals surface area contributed by atoms with Crippen LogP contribution in [-0.2, 0) is 0 Å². The first-order chi connectivity index (χ1) is 6.04. The lowest BCUT2D eigenvalue weighted by atomic mass is 10.4. The van der Waals surface area contributed by atoms with Crippen molar-refractivity contribution in [3.05, 3.63) is 17.5 Å². The first-order valence-corrected chi connectivity index (χ1v) is 5.27. The number of halogens is 3. The summed E-state index contributed by atoms with van der Waals surface area (Å²) in [5.74, 6) is 0. The molecule has 1 heterocycles. The highest BCUT2D eigenvalue weighted by Crippen LogP contribution is 2.36. The van der Waals surface area contributed by atoms with Crippen LogP contribution in [0.25, 0.3) is 0 Å². The van der Waals surface area contributed by atoms with Gasteiger partial charge in [0, 0.05) is 6.54 Å². The van der Waals surface area contributed by atoms with E-state index in [9.17, 15) is 13.2 Å². The molecule has 13 heavy (non-hydrogen) atoms. The normalized spacial score (nSPS) is 14.5. The summed E-state index contributed by atoms with van der Waals surface area (Å²) in [5, 5.41) is 0.248. The molecule has 1 atom stereocenters. The van der Waals surface area contributed by atoms with Gasteiger partial charge in [0.05, 0.1) is 4.21 Å². The van der Waals surface area contributed by atoms with Gasteiger partial charge in [-0.1, -0.05) is 6.07 Å². The molecule has 1 unspecified atom stereocenters. The van der Waals surface area contributed by atoms with Gasteiger partial charge in [0.15, 0.2) is 0 Å². The van der Waals surface area contributed by atoms with E-state index in [1.807, 2.05) is 0 Å². The highest BCUT2D eigenvalue weighted by atomic mass is 32.2. The van der Waals surface area contributed by atoms with Gasteiger partial charge in [0.25, 0.3) is 0 Å². The third kappa shape index (κ3) is 3.21. The summed E-state index contributed by atoms with van der Waals surface area (Å²) in [5.41, 5.74) is 5.04. The fraction of sp³-hybridized carbons (Fsp3) is 0.429. The molecule has 0 bridgehead atoms. The molecule has 1 aromatic heterocycles. The minimum Gasteiger partial charge on any atom is -0.329 e. The number of hydrogen-bond donors (Lipinski definition) is 1. The lowest BCUT2D eigenvalue weighted by Gasteiger charge is -2.16. The van der Waals surface area contributed by atoms with Gasteiger partial charge in [-0.3, -0.25) is 0 Å². The molecule has 0 amide bonds. The van der Waals surface area contributed by atoms with Crippen LogP contribution in [0.15, 0.2) is 21.7 Å². The van der Waals surface area contributed by atoms with Crippen LogP contribution in [0.5, 0.6) is 0 Å². The molecule has 0 aliphatic carbocycles. The van der Waals surface area contributed by atoms with Crippen molar-refractivity contribution in [3.8, 4) is 0 Å². The fourth-order valence-electron chi connectivity index (χ4n) is 0.719. The van der Waals surface area contributed by atoms with E-state index in [1.165, 1.54) is 11.3 Å². The van der Waals surface area contributed by atoms with Gasteiger partial charge < -0.3 is 5.73 Å². The van der Waals surface area contributed by atoms with Crippen LogP contribution in [0.3, 0.4) is 0 Å². The van der Waals surface area contributed by atoms with Crippen LogP contribution in [0.2, 0.25) is 0 Å². The van der Waals surface area contributed by atoms with Gasteiger partial charge in [0.2, 0.25) is 0 Å². The Balaban J connectivity index is 2.60. The summed E-state index contributed by atoms with van der Waals surface area (Å²) >= 11 is 2.06. The van der Waals surface area contributed by atoms with Crippen LogP contribution in [0, 0.1) is 0 Å². The molecule has 1 rings (SSSR count). The van der Waals surface area contributed by atoms with Crippen LogP contribution >= 0.6 is 23.1 Å². The molecule has 0 aliphatic heterocycles. The van der Waals surface area contributed by atoms with Crippen LogP contribution in [-0.4, -0.2) is 18.0 Å². The van der Waals surface area contributed by atoms with Crippen molar-refractivity contribution < 1.29 is 13.2 Å². The molecule has 0 saturated carbocycles. The fourth-order valence-corrected chi connectivity index (χ4v) is 2.57. The second-order valence-corrected chi connectivity index (χ2v) is 4.77. The average molecular weight is 227 g/mol. The zero-order chi connectivity index (χ0) is 9.90. The van der Waals surface area contributed by atoms with Crippen LogP contribution in [0.4, 0.5) is 13.2 Å². The summed E-state index contributed by atoms with van der Waals surface area (Å²) in [6, 6.07) is 3.38. The predicted molar refractivity (Wildman–Crippen MR) is 49.1 cm³/mol. The van der Waals surface area contributed by atoms with Crippen LogP contribution in [0.1, 0.15) is 0 Å². The molecular weight excluding hydrogens is 219 g/mol. The highest BCUT2D eigenvalue weighted by molar-refractivity contribution is 8.01. The summed E-state index contributed by atoms with van der Waals surface area (Å²) < 4.78 is 37.3. The van der Waals surface area contributed by atoms with E-state index in [2.05, 4.69) is 0 Å². The van der Waals surface area contributed by atoms with Gasteiger partial charge >= 0.3 is 6.18 Å². The van der Waals surface area contributed by atoms with Gasteiger partial charge in [-0.05, 0) is 11.4 Å². The van der Waals surface area contributed by atoms with E-state index >= 15 is 0 Å². The lowest BCUT2D eigenvalue weighted by Crippen LogP contribution is -2.32. The van der Waals surface area contributed by atoms with Crippen molar-refractivity contribution in [1.29, 1.82) is 0 Å². The predicted octanol–water partition coefficient (Wildman–Crippen LogP) is 2.73. The molecule has 1 nitrogen and oxygen atoms in total. The quantitative estimate of drug-likeness (QED) is 0.803. The standard InChI is InChI=1S/C7H8F3NS2/c8-7(9,10)5(4-11)13-6-2-1-3-12-6/h1-3,5H,4,11H2. The van der Waals surface area contributed by atoms with Crippen molar-refractivity contribution in [2.45, 2.75) is 15.6 Å². The molecule has 2 N–H and O–H groups in total. The first kappa shape index (κ1) is 10.9. The minimum atomic E-state index is -4.22. The van der Waals surface area contributed by atoms with E-state index < -0.39 is 11.4 Å². The monoisotopic (exact) mass is 227 g/mol. The third-order valence-electron chi connectivity index (χ3n) is 1.33. The molecule has 0 radical (unpaired) electrons. The van der Waals surface area contributed by atoms with Gasteiger partial charge in [-0.25, -0.2) is 0 Å². The molecule has 0 aliphatic rings. The minimum absolute atomic E-state index is 0.383. The van der Waals surface area contributed by atoms with E-state index in [1.54, 1.807) is 17.5 Å². The summed E-state index contributed by atoms with van der Waals surface area (Å²) in [4.78, 5) is 0. The second-order valence-electron chi connectivity index (χ2n) is 2.32. The van der Waals surface area contributed by atoms with Crippen LogP contribution < -0.4 is 5.73 Å². The van der Waals surface area contributed by atoms with E-state index in [-0.39, 0.29) is 6.54 Å². The van der Waals surface area contributed by atoms with Crippen molar-refractivity contribution in [2.24, 2.45) is 5.73 Å². The van der Waals surface area contributed by atoms with Crippen molar-refractivity contribution in [3.63, 3.8) is 0 Å². The molecule has 0 saturated heterocycles. The van der Waals surface area contributed by atoms with E-state index in [4.69, 9.17) is 5.73 Å². The number of hydrogen-bond acceptors (Lipinski definition) is 3. The average Bonchev–Trinajstić information content (AvgIpc) is 2.49. The maximum atomic E-state index is 12.2. The Morgan fingerprint density at radius 3 is 2.62 bits per heavy atom. The largest absolute Gasteiger partial charge is 0.402 e. The molecular formula is C7H8F3NS2. The summed E-state index contributed by atoms with van der Waals surface area (Å²) in [6.07, 6.45) is -4.22. The number of alkyl halides is 3. The maximum Gasteiger partial charge on any atom is 0.402 e. The summed E-state index contributed by atoms with van der Waals surface area (Å²) in [6.45, 7) is -0.383. The van der Waals surface area contributed by atoms with Crippen molar-refractivity contribution in [1.82, 2.24) is 0 Å². The van der Waals surface area contributed by atoms with Gasteiger partial charge in [-0.15, -0.1) is 23.1 Å². The number of thiophene rings is 1. The first-order valence-electron chi connectivity index (χ1n) is 3.51. The van der Waals surface area contributed by atoms with E-state index in [0.29, 0.717) is 4.21 Å². The topological polar surface area (TPSA) is 26.0 Å². The molecule has 74 valence electrons. The number of rotatable bonds is 3. The molecule has 1 aromatic rings. The van der Waals surface area contributed by atoms with Gasteiger partial charge in [-0.2, -0.15) is 13.2 Å². The smallest absolute Gasteiger partial charge is 0.329 e. The maximum absolute atomic E-state index is 12.2. The Morgan fingerprint density at radius 2 is 2.23 bits per heavy atom. The second kappa shape index (κ2) is 4.34.